The molecule has 0 aliphatic carbocycles. The summed E-state index contributed by atoms with van der Waals surface area (Å²) in [6, 6.07) is 0. The highest BCUT2D eigenvalue weighted by Gasteiger charge is 2.22. The van der Waals surface area contributed by atoms with E-state index in [0.29, 0.717) is 19.6 Å². The lowest BCUT2D eigenvalue weighted by molar-refractivity contribution is 0.284. The van der Waals surface area contributed by atoms with Gasteiger partial charge in [-0.3, -0.25) is 4.90 Å². The molecular formula is C11H18N2O3S. The van der Waals surface area contributed by atoms with Crippen molar-refractivity contribution < 1.29 is 12.8 Å². The smallest absolute Gasteiger partial charge is 0.196 e. The molecule has 2 heterocycles. The second-order valence-electron chi connectivity index (χ2n) is 4.76. The highest BCUT2D eigenvalue weighted by atomic mass is 32.2. The molecule has 0 spiro atoms. The Labute approximate surface area is 102 Å². The first kappa shape index (κ1) is 12.6. The predicted molar refractivity (Wildman–Crippen MR) is 64.5 cm³/mol. The van der Waals surface area contributed by atoms with Gasteiger partial charge in [-0.2, -0.15) is 0 Å². The first-order valence-corrected chi connectivity index (χ1v) is 7.65. The van der Waals surface area contributed by atoms with E-state index < -0.39 is 9.84 Å². The zero-order chi connectivity index (χ0) is 12.5. The molecule has 1 aromatic rings. The summed E-state index contributed by atoms with van der Waals surface area (Å²) in [7, 11) is -2.80. The van der Waals surface area contributed by atoms with E-state index in [1.165, 1.54) is 0 Å². The minimum absolute atomic E-state index is 0.252. The minimum atomic E-state index is -2.80. The standard InChI is InChI=1S/C11H18N2O3S/c1-9(2)11-12-10(8-16-11)7-13-3-5-17(14,15)6-4-13/h8-9H,3-7H2,1-2H3. The first-order chi connectivity index (χ1) is 7.96. The van der Waals surface area contributed by atoms with Crippen LogP contribution in [0.2, 0.25) is 0 Å². The van der Waals surface area contributed by atoms with Crippen LogP contribution in [0.1, 0.15) is 31.4 Å². The summed E-state index contributed by atoms with van der Waals surface area (Å²) < 4.78 is 27.9. The Bertz CT molecular complexity index is 465. The summed E-state index contributed by atoms with van der Waals surface area (Å²) in [4.78, 5) is 6.48. The number of oxazole rings is 1. The van der Waals surface area contributed by atoms with Crippen molar-refractivity contribution in [2.45, 2.75) is 26.3 Å². The van der Waals surface area contributed by atoms with E-state index in [4.69, 9.17) is 4.42 Å². The highest BCUT2D eigenvalue weighted by Crippen LogP contribution is 2.15. The third-order valence-corrected chi connectivity index (χ3v) is 4.50. The van der Waals surface area contributed by atoms with E-state index in [2.05, 4.69) is 9.88 Å². The van der Waals surface area contributed by atoms with E-state index in [9.17, 15) is 8.42 Å². The zero-order valence-electron chi connectivity index (χ0n) is 10.2. The van der Waals surface area contributed by atoms with Crippen LogP contribution in [0.25, 0.3) is 0 Å². The first-order valence-electron chi connectivity index (χ1n) is 5.83. The molecule has 1 aromatic heterocycles. The number of hydrogen-bond acceptors (Lipinski definition) is 5. The molecule has 1 aliphatic heterocycles. The van der Waals surface area contributed by atoms with Gasteiger partial charge < -0.3 is 4.42 Å². The fourth-order valence-corrected chi connectivity index (χ4v) is 3.07. The summed E-state index contributed by atoms with van der Waals surface area (Å²) in [5.74, 6) is 1.53. The Morgan fingerprint density at radius 2 is 2.06 bits per heavy atom. The SMILES string of the molecule is CC(C)c1nc(CN2CCS(=O)(=O)CC2)co1. The van der Waals surface area contributed by atoms with Crippen LogP contribution in [-0.4, -0.2) is 42.9 Å². The fourth-order valence-electron chi connectivity index (χ4n) is 1.80. The van der Waals surface area contributed by atoms with Gasteiger partial charge in [0.25, 0.3) is 0 Å². The molecule has 1 fully saturated rings. The number of sulfone groups is 1. The molecule has 5 nitrogen and oxygen atoms in total. The average Bonchev–Trinajstić information content (AvgIpc) is 2.70. The lowest BCUT2D eigenvalue weighted by Crippen LogP contribution is -2.39. The van der Waals surface area contributed by atoms with Crippen LogP contribution >= 0.6 is 0 Å². The van der Waals surface area contributed by atoms with Crippen molar-refractivity contribution >= 4 is 9.84 Å². The second kappa shape index (κ2) is 4.78. The van der Waals surface area contributed by atoms with Gasteiger partial charge >= 0.3 is 0 Å². The molecule has 1 saturated heterocycles. The Balaban J connectivity index is 1.93. The largest absolute Gasteiger partial charge is 0.448 e. The molecule has 0 atom stereocenters. The zero-order valence-corrected chi connectivity index (χ0v) is 11.0. The summed E-state index contributed by atoms with van der Waals surface area (Å²) in [6.45, 7) is 5.91. The van der Waals surface area contributed by atoms with Gasteiger partial charge in [0.05, 0.1) is 17.2 Å². The molecule has 2 rings (SSSR count). The van der Waals surface area contributed by atoms with Crippen LogP contribution in [0.4, 0.5) is 0 Å². The Hall–Kier alpha value is -0.880. The van der Waals surface area contributed by atoms with Gasteiger partial charge in [0.1, 0.15) is 6.26 Å². The topological polar surface area (TPSA) is 63.4 Å². The van der Waals surface area contributed by atoms with Crippen LogP contribution in [-0.2, 0) is 16.4 Å². The molecule has 0 N–H and O–H groups in total. The monoisotopic (exact) mass is 258 g/mol. The van der Waals surface area contributed by atoms with Gasteiger partial charge in [-0.05, 0) is 0 Å². The molecule has 96 valence electrons. The fraction of sp³-hybridized carbons (Fsp3) is 0.727. The van der Waals surface area contributed by atoms with Crippen LogP contribution in [0.5, 0.6) is 0 Å². The van der Waals surface area contributed by atoms with Crippen molar-refractivity contribution in [3.63, 3.8) is 0 Å². The van der Waals surface area contributed by atoms with E-state index in [0.717, 1.165) is 11.6 Å². The predicted octanol–water partition coefficient (Wildman–Crippen LogP) is 1.03. The maximum Gasteiger partial charge on any atom is 0.196 e. The summed E-state index contributed by atoms with van der Waals surface area (Å²) in [5, 5.41) is 0. The van der Waals surface area contributed by atoms with Crippen molar-refractivity contribution in [2.24, 2.45) is 0 Å². The molecule has 1 aliphatic rings. The Kier molecular flexibility index (Phi) is 3.53. The molecular weight excluding hydrogens is 240 g/mol. The third-order valence-electron chi connectivity index (χ3n) is 2.89. The molecule has 6 heteroatoms. The molecule has 17 heavy (non-hydrogen) atoms. The van der Waals surface area contributed by atoms with Gasteiger partial charge in [0.2, 0.25) is 0 Å². The maximum atomic E-state index is 11.3. The van der Waals surface area contributed by atoms with Crippen molar-refractivity contribution in [2.75, 3.05) is 24.6 Å². The number of hydrogen-bond donors (Lipinski definition) is 0. The molecule has 0 amide bonds. The van der Waals surface area contributed by atoms with Crippen LogP contribution in [0, 0.1) is 0 Å². The second-order valence-corrected chi connectivity index (χ2v) is 7.06. The summed E-state index contributed by atoms with van der Waals surface area (Å²) in [5.41, 5.74) is 0.882. The summed E-state index contributed by atoms with van der Waals surface area (Å²) in [6.07, 6.45) is 1.67. The summed E-state index contributed by atoms with van der Waals surface area (Å²) >= 11 is 0. The lowest BCUT2D eigenvalue weighted by Gasteiger charge is -2.25. The lowest BCUT2D eigenvalue weighted by atomic mass is 10.2. The van der Waals surface area contributed by atoms with Gasteiger partial charge in [-0.1, -0.05) is 13.8 Å². The van der Waals surface area contributed by atoms with Crippen molar-refractivity contribution in [3.8, 4) is 0 Å². The van der Waals surface area contributed by atoms with Gasteiger partial charge in [0, 0.05) is 25.6 Å². The van der Waals surface area contributed by atoms with Crippen LogP contribution < -0.4 is 0 Å². The molecule has 0 aromatic carbocycles. The molecule has 0 saturated carbocycles. The average molecular weight is 258 g/mol. The van der Waals surface area contributed by atoms with Gasteiger partial charge in [-0.25, -0.2) is 13.4 Å². The molecule has 0 bridgehead atoms. The normalized spacial score (nSPS) is 20.9. The molecule has 0 unspecified atom stereocenters. The Morgan fingerprint density at radius 3 is 2.59 bits per heavy atom. The maximum absolute atomic E-state index is 11.3. The molecule has 0 radical (unpaired) electrons. The minimum Gasteiger partial charge on any atom is -0.448 e. The third kappa shape index (κ3) is 3.29. The van der Waals surface area contributed by atoms with E-state index in [1.807, 2.05) is 13.8 Å². The van der Waals surface area contributed by atoms with Gasteiger partial charge in [0.15, 0.2) is 15.7 Å². The van der Waals surface area contributed by atoms with Crippen LogP contribution in [0.3, 0.4) is 0 Å². The Morgan fingerprint density at radius 1 is 1.41 bits per heavy atom. The number of aromatic nitrogens is 1. The number of rotatable bonds is 3. The van der Waals surface area contributed by atoms with Crippen LogP contribution in [0.15, 0.2) is 10.7 Å². The van der Waals surface area contributed by atoms with E-state index >= 15 is 0 Å². The van der Waals surface area contributed by atoms with Crippen molar-refractivity contribution in [3.05, 3.63) is 17.8 Å². The van der Waals surface area contributed by atoms with Crippen molar-refractivity contribution in [1.82, 2.24) is 9.88 Å². The van der Waals surface area contributed by atoms with Crippen molar-refractivity contribution in [1.29, 1.82) is 0 Å². The van der Waals surface area contributed by atoms with E-state index in [-0.39, 0.29) is 17.4 Å². The van der Waals surface area contributed by atoms with E-state index in [1.54, 1.807) is 6.26 Å². The van der Waals surface area contributed by atoms with Gasteiger partial charge in [-0.15, -0.1) is 0 Å². The number of nitrogens with zero attached hydrogens (tertiary/aromatic N) is 2. The quantitative estimate of drug-likeness (QED) is 0.810. The highest BCUT2D eigenvalue weighted by molar-refractivity contribution is 7.91.